The van der Waals surface area contributed by atoms with Crippen molar-refractivity contribution in [3.8, 4) is 0 Å². The summed E-state index contributed by atoms with van der Waals surface area (Å²) in [5.74, 6) is -2.00. The predicted molar refractivity (Wildman–Crippen MR) is 76.8 cm³/mol. The maximum absolute atomic E-state index is 11.5. The summed E-state index contributed by atoms with van der Waals surface area (Å²) < 4.78 is 0. The smallest absolute Gasteiger partial charge is 0.355 e. The summed E-state index contributed by atoms with van der Waals surface area (Å²) in [6.45, 7) is 3.77. The minimum Gasteiger partial charge on any atom is -0.476 e. The van der Waals surface area contributed by atoms with E-state index in [1.54, 1.807) is 0 Å². The van der Waals surface area contributed by atoms with Crippen molar-refractivity contribution in [2.75, 3.05) is 0 Å². The molecule has 0 saturated heterocycles. The highest BCUT2D eigenvalue weighted by molar-refractivity contribution is 6.04. The first kappa shape index (κ1) is 15.6. The van der Waals surface area contributed by atoms with Crippen LogP contribution in [0.15, 0.2) is 30.5 Å². The van der Waals surface area contributed by atoms with Gasteiger partial charge in [0.1, 0.15) is 0 Å². The summed E-state index contributed by atoms with van der Waals surface area (Å²) in [5, 5.41) is 9.08. The number of pyridine rings is 1. The summed E-state index contributed by atoms with van der Waals surface area (Å²) in [7, 11) is 0. The summed E-state index contributed by atoms with van der Waals surface area (Å²) in [5.41, 5.74) is 6.49. The van der Waals surface area contributed by atoms with Gasteiger partial charge in [0.25, 0.3) is 5.91 Å². The lowest BCUT2D eigenvalue weighted by Gasteiger charge is -2.12. The van der Waals surface area contributed by atoms with E-state index in [0.717, 1.165) is 5.56 Å². The molecule has 0 unspecified atom stereocenters. The lowest BCUT2D eigenvalue weighted by atomic mass is 9.96. The van der Waals surface area contributed by atoms with E-state index < -0.39 is 11.9 Å². The first-order valence-electron chi connectivity index (χ1n) is 6.34. The summed E-state index contributed by atoms with van der Waals surface area (Å²) in [4.78, 5) is 26.5. The minimum atomic E-state index is -1.25. The van der Waals surface area contributed by atoms with E-state index in [1.807, 2.05) is 38.2 Å². The first-order valence-corrected chi connectivity index (χ1v) is 6.34. The standard InChI is InChI=1S/C15H18N2O3/c1-3-5-6-7-8-10-9-17-13(15(19)20)12(14(16)18)11(10)4-2/h3,5-7,9H,4,8H2,1-2H3,(H2,16,18)(H,19,20). The number of rotatable bonds is 6. The minimum absolute atomic E-state index is 0.0110. The van der Waals surface area contributed by atoms with Crippen LogP contribution < -0.4 is 5.73 Å². The van der Waals surface area contributed by atoms with Crippen LogP contribution in [0.25, 0.3) is 0 Å². The van der Waals surface area contributed by atoms with Gasteiger partial charge in [0.05, 0.1) is 5.56 Å². The Labute approximate surface area is 117 Å². The zero-order chi connectivity index (χ0) is 15.1. The molecule has 0 spiro atoms. The van der Waals surface area contributed by atoms with Crippen LogP contribution in [0.3, 0.4) is 0 Å². The van der Waals surface area contributed by atoms with Gasteiger partial charge in [-0.25, -0.2) is 9.78 Å². The number of aromatic nitrogens is 1. The maximum Gasteiger partial charge on any atom is 0.355 e. The van der Waals surface area contributed by atoms with E-state index in [0.29, 0.717) is 18.4 Å². The van der Waals surface area contributed by atoms with Gasteiger partial charge >= 0.3 is 5.97 Å². The summed E-state index contributed by atoms with van der Waals surface area (Å²) >= 11 is 0. The number of nitrogens with two attached hydrogens (primary N) is 1. The van der Waals surface area contributed by atoms with Crippen molar-refractivity contribution in [2.24, 2.45) is 5.73 Å². The van der Waals surface area contributed by atoms with Crippen molar-refractivity contribution in [2.45, 2.75) is 26.7 Å². The molecule has 1 aromatic rings. The van der Waals surface area contributed by atoms with Gasteiger partial charge in [-0.05, 0) is 30.9 Å². The number of carboxylic acids is 1. The van der Waals surface area contributed by atoms with Crippen LogP contribution in [-0.2, 0) is 12.8 Å². The number of allylic oxidation sites excluding steroid dienone is 4. The molecule has 3 N–H and O–H groups in total. The Hall–Kier alpha value is -2.43. The second kappa shape index (κ2) is 7.23. The van der Waals surface area contributed by atoms with Crippen LogP contribution in [0.4, 0.5) is 0 Å². The van der Waals surface area contributed by atoms with Crippen molar-refractivity contribution in [3.05, 3.63) is 52.9 Å². The molecule has 106 valence electrons. The number of carboxylic acid groups (broad SMARTS) is 1. The zero-order valence-electron chi connectivity index (χ0n) is 11.6. The molecule has 0 saturated carbocycles. The number of hydrogen-bond acceptors (Lipinski definition) is 3. The van der Waals surface area contributed by atoms with Crippen LogP contribution in [0.2, 0.25) is 0 Å². The molecule has 1 amide bonds. The fraction of sp³-hybridized carbons (Fsp3) is 0.267. The summed E-state index contributed by atoms with van der Waals surface area (Å²) in [6, 6.07) is 0. The lowest BCUT2D eigenvalue weighted by Crippen LogP contribution is -2.21. The van der Waals surface area contributed by atoms with Gasteiger partial charge in [-0.2, -0.15) is 0 Å². The first-order chi connectivity index (χ1) is 9.52. The number of primary amides is 1. The number of carbonyl (C=O) groups is 2. The third kappa shape index (κ3) is 3.54. The van der Waals surface area contributed by atoms with Crippen molar-refractivity contribution in [1.29, 1.82) is 0 Å². The highest BCUT2D eigenvalue weighted by Crippen LogP contribution is 2.19. The molecule has 5 heteroatoms. The van der Waals surface area contributed by atoms with Crippen molar-refractivity contribution in [3.63, 3.8) is 0 Å². The van der Waals surface area contributed by atoms with Gasteiger partial charge in [-0.1, -0.05) is 31.2 Å². The third-order valence-electron chi connectivity index (χ3n) is 2.86. The average Bonchev–Trinajstić information content (AvgIpc) is 2.42. The molecule has 0 aliphatic heterocycles. The average molecular weight is 274 g/mol. The van der Waals surface area contributed by atoms with E-state index in [-0.39, 0.29) is 11.3 Å². The van der Waals surface area contributed by atoms with E-state index in [4.69, 9.17) is 10.8 Å². The van der Waals surface area contributed by atoms with Crippen molar-refractivity contribution >= 4 is 11.9 Å². The second-order valence-electron chi connectivity index (χ2n) is 4.17. The van der Waals surface area contributed by atoms with Gasteiger partial charge in [0.2, 0.25) is 0 Å². The van der Waals surface area contributed by atoms with Crippen molar-refractivity contribution < 1.29 is 14.7 Å². The van der Waals surface area contributed by atoms with E-state index in [9.17, 15) is 9.59 Å². The van der Waals surface area contributed by atoms with Crippen LogP contribution in [0.5, 0.6) is 0 Å². The zero-order valence-corrected chi connectivity index (χ0v) is 11.6. The second-order valence-corrected chi connectivity index (χ2v) is 4.17. The highest BCUT2D eigenvalue weighted by Gasteiger charge is 2.21. The largest absolute Gasteiger partial charge is 0.476 e. The van der Waals surface area contributed by atoms with Gasteiger partial charge < -0.3 is 10.8 Å². The summed E-state index contributed by atoms with van der Waals surface area (Å²) in [6.07, 6.45) is 10.2. The molecule has 0 aliphatic rings. The van der Waals surface area contributed by atoms with Gasteiger partial charge in [0, 0.05) is 6.20 Å². The Morgan fingerprint density at radius 2 is 2.10 bits per heavy atom. The van der Waals surface area contributed by atoms with E-state index in [1.165, 1.54) is 6.20 Å². The fourth-order valence-electron chi connectivity index (χ4n) is 1.98. The normalized spacial score (nSPS) is 11.3. The molecule has 0 radical (unpaired) electrons. The van der Waals surface area contributed by atoms with Crippen molar-refractivity contribution in [1.82, 2.24) is 4.98 Å². The quantitative estimate of drug-likeness (QED) is 0.777. The number of nitrogens with zero attached hydrogens (tertiary/aromatic N) is 1. The molecule has 1 aromatic heterocycles. The Morgan fingerprint density at radius 1 is 1.40 bits per heavy atom. The van der Waals surface area contributed by atoms with Crippen LogP contribution >= 0.6 is 0 Å². The van der Waals surface area contributed by atoms with E-state index in [2.05, 4.69) is 4.98 Å². The van der Waals surface area contributed by atoms with E-state index >= 15 is 0 Å². The Kier molecular flexibility index (Phi) is 5.65. The molecular formula is C15H18N2O3. The number of aromatic carboxylic acids is 1. The maximum atomic E-state index is 11.5. The highest BCUT2D eigenvalue weighted by atomic mass is 16.4. The predicted octanol–water partition coefficient (Wildman–Crippen LogP) is 2.12. The monoisotopic (exact) mass is 274 g/mol. The van der Waals surface area contributed by atoms with Gasteiger partial charge in [-0.3, -0.25) is 4.79 Å². The van der Waals surface area contributed by atoms with Crippen LogP contribution in [0.1, 0.15) is 45.8 Å². The lowest BCUT2D eigenvalue weighted by molar-refractivity contribution is 0.0685. The molecule has 0 aliphatic carbocycles. The Balaban J connectivity index is 3.30. The Bertz CT molecular complexity index is 575. The Morgan fingerprint density at radius 3 is 2.60 bits per heavy atom. The fourth-order valence-corrected chi connectivity index (χ4v) is 1.98. The van der Waals surface area contributed by atoms with Crippen LogP contribution in [0, 0.1) is 0 Å². The number of carbonyl (C=O) groups excluding carboxylic acids is 1. The third-order valence-corrected chi connectivity index (χ3v) is 2.86. The van der Waals surface area contributed by atoms with Gasteiger partial charge in [0.15, 0.2) is 5.69 Å². The molecule has 5 nitrogen and oxygen atoms in total. The molecule has 1 rings (SSSR count). The number of amides is 1. The SMILES string of the molecule is CC=CC=CCc1cnc(C(=O)O)c(C(N)=O)c1CC. The topological polar surface area (TPSA) is 93.3 Å². The molecule has 0 bridgehead atoms. The number of hydrogen-bond donors (Lipinski definition) is 2. The molecule has 0 fully saturated rings. The molecule has 0 aromatic carbocycles. The van der Waals surface area contributed by atoms with Crippen LogP contribution in [-0.4, -0.2) is 22.0 Å². The van der Waals surface area contributed by atoms with Gasteiger partial charge in [-0.15, -0.1) is 0 Å². The molecule has 20 heavy (non-hydrogen) atoms. The molecule has 0 atom stereocenters. The molecule has 1 heterocycles. The molecular weight excluding hydrogens is 256 g/mol.